The lowest BCUT2D eigenvalue weighted by Gasteiger charge is -2.24. The van der Waals surface area contributed by atoms with E-state index < -0.39 is 32.5 Å². The first-order valence-corrected chi connectivity index (χ1v) is 22.8. The van der Waals surface area contributed by atoms with E-state index in [1.807, 2.05) is 21.1 Å². The van der Waals surface area contributed by atoms with Crippen molar-refractivity contribution in [2.45, 2.75) is 148 Å². The van der Waals surface area contributed by atoms with Crippen molar-refractivity contribution in [2.75, 3.05) is 47.5 Å². The summed E-state index contributed by atoms with van der Waals surface area (Å²) in [6.45, 7) is 4.15. The Morgan fingerprint density at radius 1 is 0.571 bits per heavy atom. The molecule has 0 saturated heterocycles. The van der Waals surface area contributed by atoms with Crippen molar-refractivity contribution in [3.63, 3.8) is 0 Å². The fourth-order valence-electron chi connectivity index (χ4n) is 5.08. The number of carbonyl (C=O) groups excluding carboxylic acids is 2. The number of ether oxygens (including phenoxy) is 2. The first kappa shape index (κ1) is 53.2. The monoisotopic (exact) mass is 805 g/mol. The van der Waals surface area contributed by atoms with Gasteiger partial charge in [-0.05, 0) is 83.5 Å². The van der Waals surface area contributed by atoms with Crippen LogP contribution in [0.5, 0.6) is 0 Å². The van der Waals surface area contributed by atoms with E-state index in [9.17, 15) is 19.0 Å². The lowest BCUT2D eigenvalue weighted by Crippen LogP contribution is -2.37. The SMILES string of the molecule is CC/C=C/C/C=C/C/C=C/CCCCCCCC(=O)O[C@H](COC(=O)CCCCC/C=C/C/C=C/C/C=C/C/C=C/CCC)COP(=O)(O)OCC[N+](C)(C)C. The Balaban J connectivity index is 4.48. The summed E-state index contributed by atoms with van der Waals surface area (Å²) in [4.78, 5) is 35.3. The topological polar surface area (TPSA) is 108 Å². The zero-order valence-electron chi connectivity index (χ0n) is 35.8. The number of quaternary nitrogens is 1. The Bertz CT molecular complexity index is 1230. The number of phosphoric ester groups is 1. The molecule has 0 aliphatic carbocycles. The summed E-state index contributed by atoms with van der Waals surface area (Å²) in [7, 11) is 1.43. The molecule has 0 amide bonds. The first-order valence-electron chi connectivity index (χ1n) is 21.3. The molecule has 320 valence electrons. The second-order valence-corrected chi connectivity index (χ2v) is 16.4. The van der Waals surface area contributed by atoms with Gasteiger partial charge in [0.15, 0.2) is 6.10 Å². The first-order chi connectivity index (χ1) is 27.0. The Morgan fingerprint density at radius 2 is 1.02 bits per heavy atom. The molecule has 0 rings (SSSR count). The van der Waals surface area contributed by atoms with Gasteiger partial charge in [-0.15, -0.1) is 0 Å². The molecule has 0 aromatic rings. The summed E-state index contributed by atoms with van der Waals surface area (Å²) in [6, 6.07) is 0. The van der Waals surface area contributed by atoms with Crippen LogP contribution in [-0.4, -0.2) is 74.9 Å². The molecular formula is C46H79NO8P+. The van der Waals surface area contributed by atoms with Crippen molar-refractivity contribution in [3.8, 4) is 0 Å². The third-order valence-corrected chi connectivity index (χ3v) is 9.37. The highest BCUT2D eigenvalue weighted by atomic mass is 31.2. The van der Waals surface area contributed by atoms with E-state index in [1.165, 1.54) is 6.42 Å². The lowest BCUT2D eigenvalue weighted by atomic mass is 10.1. The molecule has 0 aliphatic rings. The van der Waals surface area contributed by atoms with Crippen molar-refractivity contribution in [3.05, 3.63) is 85.1 Å². The fourth-order valence-corrected chi connectivity index (χ4v) is 5.82. The molecule has 0 aliphatic heterocycles. The number of nitrogens with zero attached hydrogens (tertiary/aromatic N) is 1. The van der Waals surface area contributed by atoms with Gasteiger partial charge in [0.25, 0.3) is 0 Å². The minimum absolute atomic E-state index is 0.0177. The van der Waals surface area contributed by atoms with Gasteiger partial charge < -0.3 is 18.9 Å². The molecule has 1 N–H and O–H groups in total. The van der Waals surface area contributed by atoms with Gasteiger partial charge in [0, 0.05) is 12.8 Å². The number of hydrogen-bond acceptors (Lipinski definition) is 7. The molecule has 0 aromatic heterocycles. The normalized spacial score (nSPS) is 14.5. The lowest BCUT2D eigenvalue weighted by molar-refractivity contribution is -0.870. The number of unbranched alkanes of at least 4 members (excludes halogenated alkanes) is 9. The molecule has 0 aromatic carbocycles. The molecule has 0 fully saturated rings. The smallest absolute Gasteiger partial charge is 0.462 e. The standard InChI is InChI=1S/C46H78NO8P/c1-6-8-10-12-14-16-18-20-22-23-25-26-28-30-32-34-36-38-45(48)52-42-44(43-54-56(50,51)53-41-40-47(3,4)5)55-46(49)39-37-35-33-31-29-27-24-21-19-17-15-13-11-9-7-2/h9-12,15-18,21-24,26,28,44H,6-8,13-14,19-20,25,27,29-43H2,1-5H3/p+1/b11-9+,12-10+,17-15+,18-16+,23-22+,24-21+,28-26+/t44-/m1/s1. The van der Waals surface area contributed by atoms with Crippen molar-refractivity contribution >= 4 is 19.8 Å². The number of rotatable bonds is 37. The Morgan fingerprint density at radius 3 is 1.54 bits per heavy atom. The van der Waals surface area contributed by atoms with Crippen LogP contribution in [0.2, 0.25) is 0 Å². The van der Waals surface area contributed by atoms with Crippen LogP contribution < -0.4 is 0 Å². The molecule has 10 heteroatoms. The fraction of sp³-hybridized carbons (Fsp3) is 0.652. The quantitative estimate of drug-likeness (QED) is 0.0217. The average Bonchev–Trinajstić information content (AvgIpc) is 3.15. The highest BCUT2D eigenvalue weighted by Gasteiger charge is 2.27. The molecule has 56 heavy (non-hydrogen) atoms. The summed E-state index contributed by atoms with van der Waals surface area (Å²) in [5.74, 6) is -0.865. The largest absolute Gasteiger partial charge is 0.472 e. The van der Waals surface area contributed by atoms with Gasteiger partial charge in [0.05, 0.1) is 27.7 Å². The summed E-state index contributed by atoms with van der Waals surface area (Å²) in [5.41, 5.74) is 0. The molecular weight excluding hydrogens is 725 g/mol. The van der Waals surface area contributed by atoms with Crippen LogP contribution >= 0.6 is 7.82 Å². The third kappa shape index (κ3) is 40.8. The van der Waals surface area contributed by atoms with Crippen LogP contribution in [-0.2, 0) is 32.7 Å². The Kier molecular flexibility index (Phi) is 35.9. The third-order valence-electron chi connectivity index (χ3n) is 8.39. The molecule has 0 heterocycles. The summed E-state index contributed by atoms with van der Waals surface area (Å²) < 4.78 is 34.2. The number of esters is 2. The number of phosphoric acid groups is 1. The van der Waals surface area contributed by atoms with Gasteiger partial charge >= 0.3 is 19.8 Å². The summed E-state index contributed by atoms with van der Waals surface area (Å²) in [6.07, 6.45) is 47.7. The van der Waals surface area contributed by atoms with Crippen molar-refractivity contribution in [1.29, 1.82) is 0 Å². The maximum Gasteiger partial charge on any atom is 0.472 e. The minimum Gasteiger partial charge on any atom is -0.462 e. The van der Waals surface area contributed by atoms with Gasteiger partial charge in [-0.2, -0.15) is 0 Å². The predicted octanol–water partition coefficient (Wildman–Crippen LogP) is 12.0. The highest BCUT2D eigenvalue weighted by molar-refractivity contribution is 7.47. The Labute approximate surface area is 341 Å². The number of likely N-dealkylation sites (N-methyl/N-ethyl adjacent to an activating group) is 1. The molecule has 9 nitrogen and oxygen atoms in total. The minimum atomic E-state index is -4.39. The maximum atomic E-state index is 12.7. The zero-order valence-corrected chi connectivity index (χ0v) is 36.7. The van der Waals surface area contributed by atoms with E-state index in [0.29, 0.717) is 23.9 Å². The number of hydrogen-bond donors (Lipinski definition) is 1. The van der Waals surface area contributed by atoms with Crippen LogP contribution in [0.3, 0.4) is 0 Å². The van der Waals surface area contributed by atoms with Crippen LogP contribution in [0.25, 0.3) is 0 Å². The number of allylic oxidation sites excluding steroid dienone is 14. The van der Waals surface area contributed by atoms with Gasteiger partial charge in [0.2, 0.25) is 0 Å². The summed E-state index contributed by atoms with van der Waals surface area (Å²) in [5, 5.41) is 0. The zero-order chi connectivity index (χ0) is 41.4. The molecule has 0 spiro atoms. The van der Waals surface area contributed by atoms with E-state index in [4.69, 9.17) is 18.5 Å². The Hall–Kier alpha value is -2.81. The molecule has 2 atom stereocenters. The molecule has 0 bridgehead atoms. The van der Waals surface area contributed by atoms with Crippen molar-refractivity contribution < 1.29 is 42.1 Å². The van der Waals surface area contributed by atoms with E-state index in [-0.39, 0.29) is 26.1 Å². The highest BCUT2D eigenvalue weighted by Crippen LogP contribution is 2.43. The summed E-state index contributed by atoms with van der Waals surface area (Å²) >= 11 is 0. The van der Waals surface area contributed by atoms with Gasteiger partial charge in [0.1, 0.15) is 19.8 Å². The number of carbonyl (C=O) groups is 2. The van der Waals surface area contributed by atoms with Crippen molar-refractivity contribution in [2.24, 2.45) is 0 Å². The van der Waals surface area contributed by atoms with Crippen LogP contribution in [0, 0.1) is 0 Å². The average molecular weight is 805 g/mol. The van der Waals surface area contributed by atoms with Crippen LogP contribution in [0.1, 0.15) is 142 Å². The molecule has 0 saturated carbocycles. The molecule has 0 radical (unpaired) electrons. The van der Waals surface area contributed by atoms with Crippen molar-refractivity contribution in [1.82, 2.24) is 0 Å². The van der Waals surface area contributed by atoms with E-state index in [2.05, 4.69) is 98.9 Å². The van der Waals surface area contributed by atoms with E-state index >= 15 is 0 Å². The van der Waals surface area contributed by atoms with Gasteiger partial charge in [-0.25, -0.2) is 4.57 Å². The predicted molar refractivity (Wildman–Crippen MR) is 233 cm³/mol. The second kappa shape index (κ2) is 37.7. The molecule has 1 unspecified atom stereocenters. The van der Waals surface area contributed by atoms with Gasteiger partial charge in [-0.1, -0.05) is 131 Å². The van der Waals surface area contributed by atoms with Crippen LogP contribution in [0.4, 0.5) is 0 Å². The maximum absolute atomic E-state index is 12.7. The van der Waals surface area contributed by atoms with Crippen LogP contribution in [0.15, 0.2) is 85.1 Å². The van der Waals surface area contributed by atoms with E-state index in [1.54, 1.807) is 0 Å². The second-order valence-electron chi connectivity index (χ2n) is 15.0. The van der Waals surface area contributed by atoms with Gasteiger partial charge in [-0.3, -0.25) is 18.6 Å². The van der Waals surface area contributed by atoms with E-state index in [0.717, 1.165) is 96.3 Å².